The van der Waals surface area contributed by atoms with Crippen LogP contribution in [0.3, 0.4) is 0 Å². The van der Waals surface area contributed by atoms with Crippen molar-refractivity contribution < 1.29 is 9.90 Å². The van der Waals surface area contributed by atoms with E-state index in [0.717, 1.165) is 51.4 Å². The summed E-state index contributed by atoms with van der Waals surface area (Å²) in [4.78, 5) is 12.6. The van der Waals surface area contributed by atoms with E-state index in [1.165, 1.54) is 51.4 Å². The summed E-state index contributed by atoms with van der Waals surface area (Å²) in [7, 11) is 0. The first-order valence-corrected chi connectivity index (χ1v) is 11.0. The normalized spacial score (nSPS) is 12.8. The molecule has 0 radical (unpaired) electrons. The highest BCUT2D eigenvalue weighted by Gasteiger charge is 2.16. The number of allylic oxidation sites excluding steroid dienone is 2. The summed E-state index contributed by atoms with van der Waals surface area (Å²) in [5.74, 6) is 0.728. The Bertz CT molecular complexity index is 309. The first kappa shape index (κ1) is 24.4. The molecule has 25 heavy (non-hydrogen) atoms. The summed E-state index contributed by atoms with van der Waals surface area (Å²) in [5, 5.41) is 8.91. The highest BCUT2D eigenvalue weighted by Crippen LogP contribution is 2.20. The minimum Gasteiger partial charge on any atom is -0.396 e. The van der Waals surface area contributed by atoms with E-state index in [1.54, 1.807) is 0 Å². The van der Waals surface area contributed by atoms with Crippen molar-refractivity contribution in [2.24, 2.45) is 5.92 Å². The highest BCUT2D eigenvalue weighted by atomic mass is 16.2. The van der Waals surface area contributed by atoms with Crippen LogP contribution in [0.15, 0.2) is 12.2 Å². The van der Waals surface area contributed by atoms with Gasteiger partial charge in [0.1, 0.15) is 5.78 Å². The maximum absolute atomic E-state index is 12.6. The lowest BCUT2D eigenvalue weighted by atomic mass is 9.89. The van der Waals surface area contributed by atoms with Gasteiger partial charge in [-0.15, -0.1) is 0 Å². The quantitative estimate of drug-likeness (QED) is 0.201. The van der Waals surface area contributed by atoms with Crippen molar-refractivity contribution in [1.82, 2.24) is 0 Å². The molecule has 0 saturated heterocycles. The Morgan fingerprint density at radius 2 is 1.40 bits per heavy atom. The number of carbonyl (C=O) groups excluding carboxylic acids is 1. The maximum atomic E-state index is 12.6. The second-order valence-electron chi connectivity index (χ2n) is 7.44. The molecule has 1 unspecified atom stereocenters. The molecule has 2 nitrogen and oxygen atoms in total. The van der Waals surface area contributed by atoms with Crippen LogP contribution in [-0.4, -0.2) is 17.5 Å². The van der Waals surface area contributed by atoms with E-state index in [-0.39, 0.29) is 12.5 Å². The molecule has 0 heterocycles. The smallest absolute Gasteiger partial charge is 0.135 e. The minimum absolute atomic E-state index is 0.241. The average Bonchev–Trinajstić information content (AvgIpc) is 2.62. The van der Waals surface area contributed by atoms with E-state index in [2.05, 4.69) is 26.0 Å². The Morgan fingerprint density at radius 3 is 2.12 bits per heavy atom. The Labute approximate surface area is 157 Å². The van der Waals surface area contributed by atoms with Crippen LogP contribution in [0.5, 0.6) is 0 Å². The van der Waals surface area contributed by atoms with Gasteiger partial charge in [0.2, 0.25) is 0 Å². The topological polar surface area (TPSA) is 37.3 Å². The first-order valence-electron chi connectivity index (χ1n) is 11.0. The van der Waals surface area contributed by atoms with Crippen LogP contribution in [0.25, 0.3) is 0 Å². The number of carbonyl (C=O) groups is 1. The molecule has 0 aromatic carbocycles. The number of ketones is 1. The molecule has 2 heteroatoms. The van der Waals surface area contributed by atoms with Gasteiger partial charge in [0.25, 0.3) is 0 Å². The molecule has 148 valence electrons. The zero-order valence-electron chi connectivity index (χ0n) is 17.1. The minimum atomic E-state index is 0.241. The van der Waals surface area contributed by atoms with Gasteiger partial charge in [0.05, 0.1) is 0 Å². The van der Waals surface area contributed by atoms with Gasteiger partial charge in [-0.1, -0.05) is 83.8 Å². The Balaban J connectivity index is 4.07. The van der Waals surface area contributed by atoms with Crippen LogP contribution in [0, 0.1) is 5.92 Å². The predicted octanol–water partition coefficient (Wildman–Crippen LogP) is 7.00. The maximum Gasteiger partial charge on any atom is 0.135 e. The zero-order chi connectivity index (χ0) is 18.6. The summed E-state index contributed by atoms with van der Waals surface area (Å²) >= 11 is 0. The van der Waals surface area contributed by atoms with Crippen LogP contribution in [-0.2, 0) is 4.79 Å². The molecule has 1 N–H and O–H groups in total. The van der Waals surface area contributed by atoms with Gasteiger partial charge in [-0.25, -0.2) is 0 Å². The third-order valence-corrected chi connectivity index (χ3v) is 5.02. The Kier molecular flexibility index (Phi) is 19.2. The molecular weight excluding hydrogens is 308 g/mol. The monoisotopic (exact) mass is 352 g/mol. The Morgan fingerprint density at radius 1 is 0.760 bits per heavy atom. The number of aliphatic hydroxyl groups excluding tert-OH is 1. The Hall–Kier alpha value is -0.630. The lowest BCUT2D eigenvalue weighted by Gasteiger charge is -2.15. The van der Waals surface area contributed by atoms with Crippen LogP contribution in [0.1, 0.15) is 117 Å². The van der Waals surface area contributed by atoms with Gasteiger partial charge in [-0.3, -0.25) is 4.79 Å². The van der Waals surface area contributed by atoms with E-state index in [0.29, 0.717) is 5.78 Å². The molecule has 0 rings (SSSR count). The molecule has 0 saturated carbocycles. The molecule has 0 aliphatic heterocycles. The summed E-state index contributed by atoms with van der Waals surface area (Å²) in [6.45, 7) is 4.73. The number of hydrogen-bond acceptors (Lipinski definition) is 2. The van der Waals surface area contributed by atoms with E-state index in [9.17, 15) is 4.79 Å². The molecule has 0 fully saturated rings. The SMILES string of the molecule is CCCCC=CCCC(CCCCCO)C(=O)CCCCCCCC. The first-order chi connectivity index (χ1) is 12.3. The van der Waals surface area contributed by atoms with Crippen molar-refractivity contribution in [1.29, 1.82) is 0 Å². The second-order valence-corrected chi connectivity index (χ2v) is 7.44. The summed E-state index contributed by atoms with van der Waals surface area (Å²) in [6.07, 6.45) is 22.5. The van der Waals surface area contributed by atoms with Crippen LogP contribution >= 0.6 is 0 Å². The fourth-order valence-electron chi connectivity index (χ4n) is 3.28. The third kappa shape index (κ3) is 16.6. The molecule has 0 aliphatic carbocycles. The van der Waals surface area contributed by atoms with Crippen molar-refractivity contribution in [3.8, 4) is 0 Å². The number of Topliss-reactive ketones (excluding diaryl/α,β-unsaturated/α-hetero) is 1. The van der Waals surface area contributed by atoms with Gasteiger partial charge in [-0.2, -0.15) is 0 Å². The number of aliphatic hydroxyl groups is 1. The summed E-state index contributed by atoms with van der Waals surface area (Å²) in [5.41, 5.74) is 0. The zero-order valence-corrected chi connectivity index (χ0v) is 17.1. The number of unbranched alkanes of at least 4 members (excludes halogenated alkanes) is 9. The fourth-order valence-corrected chi connectivity index (χ4v) is 3.28. The van der Waals surface area contributed by atoms with Crippen molar-refractivity contribution in [2.75, 3.05) is 6.61 Å². The predicted molar refractivity (Wildman–Crippen MR) is 110 cm³/mol. The van der Waals surface area contributed by atoms with Crippen molar-refractivity contribution in [2.45, 2.75) is 117 Å². The lowest BCUT2D eigenvalue weighted by molar-refractivity contribution is -0.123. The summed E-state index contributed by atoms with van der Waals surface area (Å²) < 4.78 is 0. The van der Waals surface area contributed by atoms with Gasteiger partial charge in [0, 0.05) is 18.9 Å². The molecular formula is C23H44O2. The number of rotatable bonds is 19. The molecule has 0 amide bonds. The molecule has 0 aromatic rings. The van der Waals surface area contributed by atoms with Gasteiger partial charge < -0.3 is 5.11 Å². The lowest BCUT2D eigenvalue weighted by Crippen LogP contribution is -2.14. The fraction of sp³-hybridized carbons (Fsp3) is 0.870. The van der Waals surface area contributed by atoms with Crippen LogP contribution in [0.2, 0.25) is 0 Å². The van der Waals surface area contributed by atoms with E-state index in [4.69, 9.17) is 5.11 Å². The van der Waals surface area contributed by atoms with Crippen LogP contribution in [0.4, 0.5) is 0 Å². The van der Waals surface area contributed by atoms with Crippen molar-refractivity contribution >= 4 is 5.78 Å². The summed E-state index contributed by atoms with van der Waals surface area (Å²) in [6, 6.07) is 0. The van der Waals surface area contributed by atoms with E-state index in [1.807, 2.05) is 0 Å². The van der Waals surface area contributed by atoms with Gasteiger partial charge in [-0.05, 0) is 38.5 Å². The highest BCUT2D eigenvalue weighted by molar-refractivity contribution is 5.80. The molecule has 0 aliphatic rings. The molecule has 0 aromatic heterocycles. The standard InChI is InChI=1S/C23H44O2/c1-3-5-7-9-11-14-18-22(19-15-13-17-21-24)23(25)20-16-12-10-8-6-4-2/h9,11,22,24H,3-8,10,12-21H2,1-2H3. The van der Waals surface area contributed by atoms with E-state index >= 15 is 0 Å². The molecule has 1 atom stereocenters. The van der Waals surface area contributed by atoms with Gasteiger partial charge in [0.15, 0.2) is 0 Å². The number of hydrogen-bond donors (Lipinski definition) is 1. The molecule has 0 spiro atoms. The molecule has 0 bridgehead atoms. The second kappa shape index (κ2) is 19.7. The van der Waals surface area contributed by atoms with Gasteiger partial charge >= 0.3 is 0 Å². The average molecular weight is 353 g/mol. The van der Waals surface area contributed by atoms with Crippen molar-refractivity contribution in [3.63, 3.8) is 0 Å². The van der Waals surface area contributed by atoms with Crippen molar-refractivity contribution in [3.05, 3.63) is 12.2 Å². The third-order valence-electron chi connectivity index (χ3n) is 5.02. The van der Waals surface area contributed by atoms with E-state index < -0.39 is 0 Å². The van der Waals surface area contributed by atoms with Crippen LogP contribution < -0.4 is 0 Å². The largest absolute Gasteiger partial charge is 0.396 e.